The quantitative estimate of drug-likeness (QED) is 0.853. The Hall–Kier alpha value is -1.66. The molecule has 2 aliphatic rings. The van der Waals surface area contributed by atoms with E-state index in [1.54, 1.807) is 0 Å². The lowest BCUT2D eigenvalue weighted by atomic mass is 10.1. The Morgan fingerprint density at radius 1 is 1.38 bits per heavy atom. The topological polar surface area (TPSA) is 48.1 Å². The van der Waals surface area contributed by atoms with Gasteiger partial charge < -0.3 is 9.30 Å². The highest BCUT2D eigenvalue weighted by Gasteiger charge is 2.33. The third-order valence-corrected chi connectivity index (χ3v) is 4.68. The summed E-state index contributed by atoms with van der Waals surface area (Å²) in [5, 5.41) is 4.29. The molecule has 4 heterocycles. The fourth-order valence-corrected chi connectivity index (χ4v) is 3.54. The number of ether oxygens (including phenoxy) is 1. The van der Waals surface area contributed by atoms with Crippen LogP contribution in [0.5, 0.6) is 0 Å². The minimum Gasteiger partial charge on any atom is -0.380 e. The van der Waals surface area contributed by atoms with Crippen molar-refractivity contribution in [1.82, 2.24) is 24.2 Å². The van der Waals surface area contributed by atoms with Crippen molar-refractivity contribution >= 4 is 0 Å². The molecule has 2 atom stereocenters. The molecule has 0 N–H and O–H groups in total. The lowest BCUT2D eigenvalue weighted by Crippen LogP contribution is -2.44. The molecule has 0 bridgehead atoms. The molecule has 0 saturated carbocycles. The molecular formula is C15H21N5O. The van der Waals surface area contributed by atoms with Crippen molar-refractivity contribution in [3.8, 4) is 0 Å². The summed E-state index contributed by atoms with van der Waals surface area (Å²) in [6.45, 7) is 6.89. The van der Waals surface area contributed by atoms with Crippen LogP contribution in [0.4, 0.5) is 0 Å². The van der Waals surface area contributed by atoms with Crippen LogP contribution >= 0.6 is 0 Å². The molecule has 4 rings (SSSR count). The fourth-order valence-electron chi connectivity index (χ4n) is 3.54. The smallest absolute Gasteiger partial charge is 0.126 e. The van der Waals surface area contributed by atoms with E-state index in [1.165, 1.54) is 11.5 Å². The Morgan fingerprint density at radius 3 is 3.10 bits per heavy atom. The van der Waals surface area contributed by atoms with Gasteiger partial charge >= 0.3 is 0 Å². The molecule has 21 heavy (non-hydrogen) atoms. The van der Waals surface area contributed by atoms with E-state index in [0.717, 1.165) is 39.3 Å². The normalized spacial score (nSPS) is 26.1. The molecule has 1 saturated heterocycles. The van der Waals surface area contributed by atoms with Gasteiger partial charge in [-0.05, 0) is 19.4 Å². The average Bonchev–Trinajstić information content (AvgIpc) is 3.21. The van der Waals surface area contributed by atoms with Crippen LogP contribution in [-0.4, -0.2) is 50.0 Å². The molecule has 2 aromatic rings. The maximum absolute atomic E-state index is 5.54. The Bertz CT molecular complexity index is 600. The van der Waals surface area contributed by atoms with Crippen molar-refractivity contribution in [2.75, 3.05) is 19.8 Å². The van der Waals surface area contributed by atoms with Crippen LogP contribution in [0.15, 0.2) is 24.7 Å². The van der Waals surface area contributed by atoms with E-state index in [1.807, 2.05) is 29.3 Å². The molecular weight excluding hydrogens is 266 g/mol. The van der Waals surface area contributed by atoms with Crippen LogP contribution in [0.2, 0.25) is 0 Å². The molecule has 112 valence electrons. The summed E-state index contributed by atoms with van der Waals surface area (Å²) in [5.41, 5.74) is 1.24. The van der Waals surface area contributed by atoms with Gasteiger partial charge in [0.2, 0.25) is 0 Å². The maximum Gasteiger partial charge on any atom is 0.126 e. The third kappa shape index (κ3) is 2.28. The van der Waals surface area contributed by atoms with Gasteiger partial charge in [0.05, 0.1) is 31.1 Å². The number of hydrogen-bond donors (Lipinski definition) is 0. The van der Waals surface area contributed by atoms with Crippen molar-refractivity contribution < 1.29 is 4.74 Å². The summed E-state index contributed by atoms with van der Waals surface area (Å²) in [4.78, 5) is 7.23. The molecule has 0 aromatic carbocycles. The van der Waals surface area contributed by atoms with Crippen LogP contribution in [0.3, 0.4) is 0 Å². The second-order valence-corrected chi connectivity index (χ2v) is 5.89. The Labute approximate surface area is 124 Å². The second kappa shape index (κ2) is 5.27. The Kier molecular flexibility index (Phi) is 3.27. The van der Waals surface area contributed by atoms with Gasteiger partial charge in [-0.2, -0.15) is 5.10 Å². The monoisotopic (exact) mass is 287 g/mol. The summed E-state index contributed by atoms with van der Waals surface area (Å²) >= 11 is 0. The van der Waals surface area contributed by atoms with Crippen LogP contribution < -0.4 is 0 Å². The summed E-state index contributed by atoms with van der Waals surface area (Å²) in [6.07, 6.45) is 6.96. The first-order chi connectivity index (χ1) is 10.3. The number of fused-ring (bicyclic) bond motifs is 1. The number of imidazole rings is 1. The Balaban J connectivity index is 1.56. The van der Waals surface area contributed by atoms with Crippen molar-refractivity contribution in [2.45, 2.75) is 38.5 Å². The summed E-state index contributed by atoms with van der Waals surface area (Å²) in [5.74, 6) is 1.18. The standard InChI is InChI=1S/C15H21N5O/c1-12-15-16-9-14(10-18-5-2-4-17-18)20(15)7-6-19(12)13-3-8-21-11-13/h2,4-5,9,12-13H,3,6-8,10-11H2,1H3/t12-,13-/m1/s1. The first kappa shape index (κ1) is 13.0. The van der Waals surface area contributed by atoms with E-state index in [9.17, 15) is 0 Å². The van der Waals surface area contributed by atoms with Gasteiger partial charge in [0.25, 0.3) is 0 Å². The largest absolute Gasteiger partial charge is 0.380 e. The lowest BCUT2D eigenvalue weighted by molar-refractivity contribution is 0.0897. The first-order valence-corrected chi connectivity index (χ1v) is 7.68. The number of nitrogens with zero attached hydrogens (tertiary/aromatic N) is 5. The lowest BCUT2D eigenvalue weighted by Gasteiger charge is -2.37. The zero-order chi connectivity index (χ0) is 14.2. The fraction of sp³-hybridized carbons (Fsp3) is 0.600. The predicted molar refractivity (Wildman–Crippen MR) is 77.9 cm³/mol. The van der Waals surface area contributed by atoms with Gasteiger partial charge in [0.15, 0.2) is 0 Å². The van der Waals surface area contributed by atoms with Crippen molar-refractivity contribution in [3.63, 3.8) is 0 Å². The summed E-state index contributed by atoms with van der Waals surface area (Å²) < 4.78 is 9.85. The molecule has 0 amide bonds. The molecule has 0 unspecified atom stereocenters. The van der Waals surface area contributed by atoms with Gasteiger partial charge in [0, 0.05) is 38.1 Å². The van der Waals surface area contributed by atoms with Gasteiger partial charge in [-0.25, -0.2) is 4.98 Å². The van der Waals surface area contributed by atoms with Crippen molar-refractivity contribution in [1.29, 1.82) is 0 Å². The molecule has 0 radical (unpaired) electrons. The minimum absolute atomic E-state index is 0.358. The van der Waals surface area contributed by atoms with E-state index >= 15 is 0 Å². The number of aromatic nitrogens is 4. The first-order valence-electron chi connectivity index (χ1n) is 7.68. The van der Waals surface area contributed by atoms with Gasteiger partial charge in [-0.1, -0.05) is 0 Å². The maximum atomic E-state index is 5.54. The minimum atomic E-state index is 0.358. The molecule has 6 heteroatoms. The van der Waals surface area contributed by atoms with Gasteiger partial charge in [-0.15, -0.1) is 0 Å². The van der Waals surface area contributed by atoms with E-state index in [4.69, 9.17) is 4.74 Å². The predicted octanol–water partition coefficient (Wildman–Crippen LogP) is 1.29. The van der Waals surface area contributed by atoms with Crippen LogP contribution in [0.25, 0.3) is 0 Å². The Morgan fingerprint density at radius 2 is 2.33 bits per heavy atom. The molecule has 0 aliphatic carbocycles. The highest BCUT2D eigenvalue weighted by molar-refractivity contribution is 5.12. The molecule has 2 aromatic heterocycles. The molecule has 2 aliphatic heterocycles. The van der Waals surface area contributed by atoms with E-state index in [0.29, 0.717) is 12.1 Å². The van der Waals surface area contributed by atoms with E-state index in [2.05, 4.69) is 26.5 Å². The highest BCUT2D eigenvalue weighted by Crippen LogP contribution is 2.29. The zero-order valence-corrected chi connectivity index (χ0v) is 12.4. The van der Waals surface area contributed by atoms with Gasteiger partial charge in [-0.3, -0.25) is 9.58 Å². The van der Waals surface area contributed by atoms with E-state index in [-0.39, 0.29) is 0 Å². The van der Waals surface area contributed by atoms with Gasteiger partial charge in [0.1, 0.15) is 5.82 Å². The molecule has 1 fully saturated rings. The van der Waals surface area contributed by atoms with Crippen molar-refractivity contribution in [2.24, 2.45) is 0 Å². The van der Waals surface area contributed by atoms with E-state index < -0.39 is 0 Å². The van der Waals surface area contributed by atoms with Crippen LogP contribution in [-0.2, 0) is 17.8 Å². The highest BCUT2D eigenvalue weighted by atomic mass is 16.5. The summed E-state index contributed by atoms with van der Waals surface area (Å²) in [6, 6.07) is 2.87. The summed E-state index contributed by atoms with van der Waals surface area (Å²) in [7, 11) is 0. The second-order valence-electron chi connectivity index (χ2n) is 5.89. The molecule has 6 nitrogen and oxygen atoms in total. The van der Waals surface area contributed by atoms with Crippen LogP contribution in [0.1, 0.15) is 30.9 Å². The van der Waals surface area contributed by atoms with Crippen molar-refractivity contribution in [3.05, 3.63) is 36.2 Å². The third-order valence-electron chi connectivity index (χ3n) is 4.68. The number of rotatable bonds is 3. The zero-order valence-electron chi connectivity index (χ0n) is 12.4. The number of hydrogen-bond acceptors (Lipinski definition) is 4. The molecule has 0 spiro atoms. The van der Waals surface area contributed by atoms with Crippen LogP contribution in [0, 0.1) is 0 Å². The average molecular weight is 287 g/mol. The SMILES string of the molecule is C[C@@H]1c2ncc(Cn3cccn3)n2CCN1[C@@H]1CCOC1.